The SMILES string of the molecule is CCCCOCC(N)COC. The van der Waals surface area contributed by atoms with Crippen LogP contribution in [0.25, 0.3) is 0 Å². The highest BCUT2D eigenvalue weighted by Crippen LogP contribution is 1.89. The maximum Gasteiger partial charge on any atom is 0.0640 e. The highest BCUT2D eigenvalue weighted by atomic mass is 16.5. The van der Waals surface area contributed by atoms with Gasteiger partial charge in [0.2, 0.25) is 0 Å². The first-order chi connectivity index (χ1) is 5.31. The van der Waals surface area contributed by atoms with E-state index in [0.717, 1.165) is 13.0 Å². The molecule has 0 spiro atoms. The van der Waals surface area contributed by atoms with Crippen LogP contribution in [0.15, 0.2) is 0 Å². The van der Waals surface area contributed by atoms with E-state index in [4.69, 9.17) is 15.2 Å². The number of hydrogen-bond acceptors (Lipinski definition) is 3. The van der Waals surface area contributed by atoms with Crippen molar-refractivity contribution in [3.8, 4) is 0 Å². The van der Waals surface area contributed by atoms with Crippen LogP contribution in [0.2, 0.25) is 0 Å². The lowest BCUT2D eigenvalue weighted by Gasteiger charge is -2.10. The van der Waals surface area contributed by atoms with Gasteiger partial charge in [-0.2, -0.15) is 0 Å². The zero-order valence-electron chi connectivity index (χ0n) is 7.51. The Balaban J connectivity index is 2.97. The molecule has 0 saturated heterocycles. The van der Waals surface area contributed by atoms with Crippen LogP contribution in [0, 0.1) is 0 Å². The van der Waals surface area contributed by atoms with E-state index in [2.05, 4.69) is 6.92 Å². The van der Waals surface area contributed by atoms with Gasteiger partial charge in [0.05, 0.1) is 19.3 Å². The summed E-state index contributed by atoms with van der Waals surface area (Å²) in [5, 5.41) is 0. The van der Waals surface area contributed by atoms with Gasteiger partial charge in [-0.1, -0.05) is 13.3 Å². The molecule has 0 heterocycles. The molecule has 0 amide bonds. The van der Waals surface area contributed by atoms with Crippen LogP contribution in [0.1, 0.15) is 19.8 Å². The van der Waals surface area contributed by atoms with Gasteiger partial charge in [-0.25, -0.2) is 0 Å². The fourth-order valence-corrected chi connectivity index (χ4v) is 0.743. The Morgan fingerprint density at radius 3 is 2.64 bits per heavy atom. The lowest BCUT2D eigenvalue weighted by Crippen LogP contribution is -2.31. The number of rotatable bonds is 7. The quantitative estimate of drug-likeness (QED) is 0.561. The summed E-state index contributed by atoms with van der Waals surface area (Å²) < 4.78 is 10.1. The van der Waals surface area contributed by atoms with Crippen molar-refractivity contribution in [1.82, 2.24) is 0 Å². The molecule has 0 bridgehead atoms. The molecule has 0 radical (unpaired) electrons. The molecular weight excluding hydrogens is 142 g/mol. The minimum absolute atomic E-state index is 0.0249. The molecule has 0 aromatic rings. The zero-order valence-corrected chi connectivity index (χ0v) is 7.51. The van der Waals surface area contributed by atoms with Crippen LogP contribution in [-0.4, -0.2) is 33.0 Å². The van der Waals surface area contributed by atoms with Gasteiger partial charge in [0.15, 0.2) is 0 Å². The van der Waals surface area contributed by atoms with Crippen LogP contribution >= 0.6 is 0 Å². The largest absolute Gasteiger partial charge is 0.383 e. The van der Waals surface area contributed by atoms with E-state index in [1.54, 1.807) is 7.11 Å². The van der Waals surface area contributed by atoms with Gasteiger partial charge in [0.1, 0.15) is 0 Å². The highest BCUT2D eigenvalue weighted by molar-refractivity contribution is 4.56. The molecule has 0 aliphatic heterocycles. The second kappa shape index (κ2) is 7.98. The number of nitrogens with two attached hydrogens (primary N) is 1. The smallest absolute Gasteiger partial charge is 0.0640 e. The summed E-state index contributed by atoms with van der Waals surface area (Å²) in [5.41, 5.74) is 5.62. The molecule has 0 saturated carbocycles. The summed E-state index contributed by atoms with van der Waals surface area (Å²) in [6, 6.07) is 0.0249. The zero-order chi connectivity index (χ0) is 8.53. The molecule has 0 rings (SSSR count). The maximum absolute atomic E-state index is 5.62. The van der Waals surface area contributed by atoms with Crippen molar-refractivity contribution in [3.63, 3.8) is 0 Å². The van der Waals surface area contributed by atoms with Crippen molar-refractivity contribution in [3.05, 3.63) is 0 Å². The molecule has 3 nitrogen and oxygen atoms in total. The number of unbranched alkanes of at least 4 members (excludes halogenated alkanes) is 1. The lowest BCUT2D eigenvalue weighted by atomic mass is 10.3. The molecule has 68 valence electrons. The van der Waals surface area contributed by atoms with Gasteiger partial charge in [-0.05, 0) is 6.42 Å². The summed E-state index contributed by atoms with van der Waals surface area (Å²) in [6.07, 6.45) is 2.28. The Kier molecular flexibility index (Phi) is 7.89. The predicted molar refractivity (Wildman–Crippen MR) is 45.6 cm³/mol. The summed E-state index contributed by atoms with van der Waals surface area (Å²) in [4.78, 5) is 0. The Labute approximate surface area is 68.9 Å². The molecule has 3 heteroatoms. The highest BCUT2D eigenvalue weighted by Gasteiger charge is 1.99. The van der Waals surface area contributed by atoms with E-state index >= 15 is 0 Å². The van der Waals surface area contributed by atoms with Crippen molar-refractivity contribution in [2.24, 2.45) is 5.73 Å². The van der Waals surface area contributed by atoms with Crippen molar-refractivity contribution in [1.29, 1.82) is 0 Å². The number of methoxy groups -OCH3 is 1. The average molecular weight is 161 g/mol. The van der Waals surface area contributed by atoms with E-state index in [9.17, 15) is 0 Å². The first-order valence-electron chi connectivity index (χ1n) is 4.13. The van der Waals surface area contributed by atoms with Crippen molar-refractivity contribution < 1.29 is 9.47 Å². The molecule has 0 fully saturated rings. The van der Waals surface area contributed by atoms with Gasteiger partial charge in [-0.15, -0.1) is 0 Å². The molecule has 0 aromatic carbocycles. The third kappa shape index (κ3) is 7.78. The van der Waals surface area contributed by atoms with E-state index in [1.165, 1.54) is 6.42 Å². The topological polar surface area (TPSA) is 44.5 Å². The summed E-state index contributed by atoms with van der Waals surface area (Å²) in [6.45, 7) is 4.13. The number of ether oxygens (including phenoxy) is 2. The fraction of sp³-hybridized carbons (Fsp3) is 1.00. The molecule has 11 heavy (non-hydrogen) atoms. The monoisotopic (exact) mass is 161 g/mol. The minimum Gasteiger partial charge on any atom is -0.383 e. The predicted octanol–water partition coefficient (Wildman–Crippen LogP) is 0.777. The summed E-state index contributed by atoms with van der Waals surface area (Å²) in [7, 11) is 1.64. The van der Waals surface area contributed by atoms with Gasteiger partial charge in [0, 0.05) is 13.7 Å². The van der Waals surface area contributed by atoms with Crippen LogP contribution in [-0.2, 0) is 9.47 Å². The molecular formula is C8H19NO2. The second-order valence-electron chi connectivity index (χ2n) is 2.64. The van der Waals surface area contributed by atoms with Crippen LogP contribution in [0.4, 0.5) is 0 Å². The number of hydrogen-bond donors (Lipinski definition) is 1. The molecule has 1 unspecified atom stereocenters. The molecule has 1 atom stereocenters. The van der Waals surface area contributed by atoms with Gasteiger partial charge in [-0.3, -0.25) is 0 Å². The van der Waals surface area contributed by atoms with Crippen molar-refractivity contribution >= 4 is 0 Å². The Bertz CT molecular complexity index is 78.5. The lowest BCUT2D eigenvalue weighted by molar-refractivity contribution is 0.0853. The van der Waals surface area contributed by atoms with Crippen LogP contribution < -0.4 is 5.73 Å². The minimum atomic E-state index is 0.0249. The third-order valence-electron chi connectivity index (χ3n) is 1.35. The van der Waals surface area contributed by atoms with Crippen LogP contribution in [0.3, 0.4) is 0 Å². The molecule has 0 aliphatic carbocycles. The molecule has 2 N–H and O–H groups in total. The summed E-state index contributed by atoms with van der Waals surface area (Å²) in [5.74, 6) is 0. The Hall–Kier alpha value is -0.120. The normalized spacial score (nSPS) is 13.4. The first-order valence-corrected chi connectivity index (χ1v) is 4.13. The third-order valence-corrected chi connectivity index (χ3v) is 1.35. The van der Waals surface area contributed by atoms with Crippen molar-refractivity contribution in [2.75, 3.05) is 26.9 Å². The van der Waals surface area contributed by atoms with E-state index in [-0.39, 0.29) is 6.04 Å². The van der Waals surface area contributed by atoms with Crippen LogP contribution in [0.5, 0.6) is 0 Å². The first kappa shape index (κ1) is 10.9. The van der Waals surface area contributed by atoms with Gasteiger partial charge in [0.25, 0.3) is 0 Å². The molecule has 0 aromatic heterocycles. The van der Waals surface area contributed by atoms with E-state index in [1.807, 2.05) is 0 Å². The Morgan fingerprint density at radius 2 is 2.09 bits per heavy atom. The summed E-state index contributed by atoms with van der Waals surface area (Å²) >= 11 is 0. The van der Waals surface area contributed by atoms with Crippen molar-refractivity contribution in [2.45, 2.75) is 25.8 Å². The van der Waals surface area contributed by atoms with Gasteiger partial charge < -0.3 is 15.2 Å². The second-order valence-corrected chi connectivity index (χ2v) is 2.64. The van der Waals surface area contributed by atoms with Gasteiger partial charge >= 0.3 is 0 Å². The molecule has 0 aliphatic rings. The van der Waals surface area contributed by atoms with E-state index in [0.29, 0.717) is 13.2 Å². The Morgan fingerprint density at radius 1 is 1.36 bits per heavy atom. The standard InChI is InChI=1S/C8H19NO2/c1-3-4-5-11-7-8(9)6-10-2/h8H,3-7,9H2,1-2H3. The maximum atomic E-state index is 5.62. The van der Waals surface area contributed by atoms with E-state index < -0.39 is 0 Å². The average Bonchev–Trinajstić information content (AvgIpc) is 1.99. The fourth-order valence-electron chi connectivity index (χ4n) is 0.743.